The Kier molecular flexibility index (Phi) is 6.00. The summed E-state index contributed by atoms with van der Waals surface area (Å²) in [7, 11) is 0. The Hall–Kier alpha value is -0.720. The van der Waals surface area contributed by atoms with Crippen LogP contribution in [0.5, 0.6) is 0 Å². The van der Waals surface area contributed by atoms with Crippen LogP contribution >= 0.6 is 11.3 Å². The van der Waals surface area contributed by atoms with E-state index in [1.165, 1.54) is 12.8 Å². The molecule has 0 saturated carbocycles. The highest BCUT2D eigenvalue weighted by atomic mass is 32.1. The SMILES string of the molecule is CCCNc1nnc(CN2CCCC(OCC)C2)s1. The summed E-state index contributed by atoms with van der Waals surface area (Å²) in [5, 5.41) is 13.7. The molecule has 6 heteroatoms. The van der Waals surface area contributed by atoms with Crippen LogP contribution in [0.4, 0.5) is 5.13 Å². The van der Waals surface area contributed by atoms with Gasteiger partial charge in [0, 0.05) is 19.7 Å². The summed E-state index contributed by atoms with van der Waals surface area (Å²) in [6.07, 6.45) is 3.90. The van der Waals surface area contributed by atoms with Crippen LogP contribution in [0.1, 0.15) is 38.1 Å². The highest BCUT2D eigenvalue weighted by molar-refractivity contribution is 7.15. The Morgan fingerprint density at radius 2 is 2.32 bits per heavy atom. The van der Waals surface area contributed by atoms with E-state index in [0.29, 0.717) is 6.10 Å². The molecule has 19 heavy (non-hydrogen) atoms. The summed E-state index contributed by atoms with van der Waals surface area (Å²) in [6, 6.07) is 0. The molecule has 0 aromatic carbocycles. The standard InChI is InChI=1S/C13H24N4OS/c1-3-7-14-13-16-15-12(19-13)10-17-8-5-6-11(9-17)18-4-2/h11H,3-10H2,1-2H3,(H,14,16). The summed E-state index contributed by atoms with van der Waals surface area (Å²) in [6.45, 7) is 9.04. The first-order valence-electron chi connectivity index (χ1n) is 7.22. The molecule has 1 aromatic heterocycles. The molecule has 0 spiro atoms. The molecule has 0 bridgehead atoms. The fraction of sp³-hybridized carbons (Fsp3) is 0.846. The number of piperidine rings is 1. The first-order chi connectivity index (χ1) is 9.31. The molecule has 1 atom stereocenters. The number of aromatic nitrogens is 2. The topological polar surface area (TPSA) is 50.3 Å². The molecule has 1 aliphatic rings. The Morgan fingerprint density at radius 3 is 3.11 bits per heavy atom. The minimum Gasteiger partial charge on any atom is -0.377 e. The average molecular weight is 284 g/mol. The van der Waals surface area contributed by atoms with Crippen molar-refractivity contribution >= 4 is 16.5 Å². The number of nitrogens with one attached hydrogen (secondary N) is 1. The Morgan fingerprint density at radius 1 is 1.42 bits per heavy atom. The van der Waals surface area contributed by atoms with Crippen LogP contribution in [0.2, 0.25) is 0 Å². The zero-order chi connectivity index (χ0) is 13.5. The van der Waals surface area contributed by atoms with E-state index >= 15 is 0 Å². The van der Waals surface area contributed by atoms with Gasteiger partial charge < -0.3 is 10.1 Å². The van der Waals surface area contributed by atoms with Crippen LogP contribution in [0.15, 0.2) is 0 Å². The zero-order valence-electron chi connectivity index (χ0n) is 11.9. The summed E-state index contributed by atoms with van der Waals surface area (Å²) in [4.78, 5) is 2.42. The monoisotopic (exact) mass is 284 g/mol. The van der Waals surface area contributed by atoms with Gasteiger partial charge in [0.05, 0.1) is 12.6 Å². The fourth-order valence-electron chi connectivity index (χ4n) is 2.34. The molecule has 1 saturated heterocycles. The quantitative estimate of drug-likeness (QED) is 0.833. The lowest BCUT2D eigenvalue weighted by Crippen LogP contribution is -2.39. The predicted molar refractivity (Wildman–Crippen MR) is 78.6 cm³/mol. The summed E-state index contributed by atoms with van der Waals surface area (Å²) >= 11 is 1.67. The lowest BCUT2D eigenvalue weighted by molar-refractivity contribution is 0.00357. The van der Waals surface area contributed by atoms with Crippen LogP contribution in [-0.2, 0) is 11.3 Å². The van der Waals surface area contributed by atoms with Gasteiger partial charge in [-0.15, -0.1) is 10.2 Å². The van der Waals surface area contributed by atoms with Crippen LogP contribution in [-0.4, -0.2) is 47.4 Å². The van der Waals surface area contributed by atoms with Crippen molar-refractivity contribution in [1.29, 1.82) is 0 Å². The highest BCUT2D eigenvalue weighted by Gasteiger charge is 2.21. The number of nitrogens with zero attached hydrogens (tertiary/aromatic N) is 3. The molecule has 1 aliphatic heterocycles. The first kappa shape index (κ1) is 14.7. The van der Waals surface area contributed by atoms with E-state index in [0.717, 1.165) is 49.3 Å². The molecule has 108 valence electrons. The molecule has 1 fully saturated rings. The lowest BCUT2D eigenvalue weighted by atomic mass is 10.1. The van der Waals surface area contributed by atoms with Crippen molar-refractivity contribution in [2.24, 2.45) is 0 Å². The van der Waals surface area contributed by atoms with Gasteiger partial charge in [0.2, 0.25) is 5.13 Å². The maximum atomic E-state index is 5.72. The van der Waals surface area contributed by atoms with Crippen molar-refractivity contribution in [3.05, 3.63) is 5.01 Å². The Balaban J connectivity index is 1.81. The van der Waals surface area contributed by atoms with E-state index in [9.17, 15) is 0 Å². The van der Waals surface area contributed by atoms with Gasteiger partial charge in [0.25, 0.3) is 0 Å². The lowest BCUT2D eigenvalue weighted by Gasteiger charge is -2.31. The Labute approximate surface area is 119 Å². The van der Waals surface area contributed by atoms with Crippen molar-refractivity contribution < 1.29 is 4.74 Å². The predicted octanol–water partition coefficient (Wildman–Crippen LogP) is 2.36. The van der Waals surface area contributed by atoms with E-state index < -0.39 is 0 Å². The number of anilines is 1. The fourth-order valence-corrected chi connectivity index (χ4v) is 3.15. The third-order valence-corrected chi connectivity index (χ3v) is 4.08. The first-order valence-corrected chi connectivity index (χ1v) is 8.03. The second kappa shape index (κ2) is 7.77. The van der Waals surface area contributed by atoms with E-state index in [1.54, 1.807) is 11.3 Å². The van der Waals surface area contributed by atoms with E-state index in [1.807, 2.05) is 0 Å². The normalized spacial score (nSPS) is 20.6. The van der Waals surface area contributed by atoms with E-state index in [4.69, 9.17) is 4.74 Å². The van der Waals surface area contributed by atoms with Gasteiger partial charge in [-0.3, -0.25) is 4.90 Å². The third kappa shape index (κ3) is 4.71. The van der Waals surface area contributed by atoms with Crippen LogP contribution in [0, 0.1) is 0 Å². The number of ether oxygens (including phenoxy) is 1. The molecule has 1 aromatic rings. The number of hydrogen-bond acceptors (Lipinski definition) is 6. The van der Waals surface area contributed by atoms with Gasteiger partial charge in [-0.25, -0.2) is 0 Å². The van der Waals surface area contributed by atoms with Crippen LogP contribution in [0.3, 0.4) is 0 Å². The largest absolute Gasteiger partial charge is 0.377 e. The van der Waals surface area contributed by atoms with Gasteiger partial charge in [-0.05, 0) is 32.7 Å². The van der Waals surface area contributed by atoms with Gasteiger partial charge in [0.1, 0.15) is 5.01 Å². The second-order valence-corrected chi connectivity index (χ2v) is 5.94. The molecule has 5 nitrogen and oxygen atoms in total. The molecular formula is C13H24N4OS. The number of likely N-dealkylation sites (tertiary alicyclic amines) is 1. The second-order valence-electron chi connectivity index (χ2n) is 4.88. The molecule has 1 unspecified atom stereocenters. The summed E-state index contributed by atoms with van der Waals surface area (Å²) in [5.41, 5.74) is 0. The molecule has 0 aliphatic carbocycles. The van der Waals surface area contributed by atoms with Gasteiger partial charge in [-0.2, -0.15) is 0 Å². The van der Waals surface area contributed by atoms with Crippen molar-refractivity contribution in [2.45, 2.75) is 45.8 Å². The molecule has 2 heterocycles. The van der Waals surface area contributed by atoms with Crippen molar-refractivity contribution in [3.8, 4) is 0 Å². The van der Waals surface area contributed by atoms with E-state index in [2.05, 4.69) is 34.3 Å². The minimum atomic E-state index is 0.393. The van der Waals surface area contributed by atoms with Gasteiger partial charge in [-0.1, -0.05) is 18.3 Å². The van der Waals surface area contributed by atoms with Crippen molar-refractivity contribution in [3.63, 3.8) is 0 Å². The molecule has 0 radical (unpaired) electrons. The molecule has 1 N–H and O–H groups in total. The number of hydrogen-bond donors (Lipinski definition) is 1. The Bertz CT molecular complexity index is 369. The third-order valence-electron chi connectivity index (χ3n) is 3.22. The van der Waals surface area contributed by atoms with Crippen molar-refractivity contribution in [1.82, 2.24) is 15.1 Å². The maximum Gasteiger partial charge on any atom is 0.205 e. The summed E-state index contributed by atoms with van der Waals surface area (Å²) in [5.74, 6) is 0. The maximum absolute atomic E-state index is 5.72. The van der Waals surface area contributed by atoms with Crippen LogP contribution in [0.25, 0.3) is 0 Å². The average Bonchev–Trinajstić information content (AvgIpc) is 2.85. The molecule has 0 amide bonds. The smallest absolute Gasteiger partial charge is 0.205 e. The number of rotatable bonds is 7. The van der Waals surface area contributed by atoms with Gasteiger partial charge >= 0.3 is 0 Å². The van der Waals surface area contributed by atoms with Crippen LogP contribution < -0.4 is 5.32 Å². The van der Waals surface area contributed by atoms with E-state index in [-0.39, 0.29) is 0 Å². The minimum absolute atomic E-state index is 0.393. The zero-order valence-corrected chi connectivity index (χ0v) is 12.7. The van der Waals surface area contributed by atoms with Crippen molar-refractivity contribution in [2.75, 3.05) is 31.6 Å². The molecular weight excluding hydrogens is 260 g/mol. The highest BCUT2D eigenvalue weighted by Crippen LogP contribution is 2.20. The molecule has 2 rings (SSSR count). The van der Waals surface area contributed by atoms with Gasteiger partial charge in [0.15, 0.2) is 0 Å². The summed E-state index contributed by atoms with van der Waals surface area (Å²) < 4.78 is 5.72.